The largest absolute Gasteiger partial charge is 0.480 e. The zero-order chi connectivity index (χ0) is 13.1. The normalized spacial score (nSPS) is 18.3. The van der Waals surface area contributed by atoms with Crippen LogP contribution >= 0.6 is 12.6 Å². The van der Waals surface area contributed by atoms with E-state index in [1.54, 1.807) is 6.07 Å². The minimum atomic E-state index is -0.947. The number of amides is 1. The number of benzene rings is 1. The maximum atomic E-state index is 12.1. The maximum absolute atomic E-state index is 12.1. The lowest BCUT2D eigenvalue weighted by Crippen LogP contribution is -2.48. The Balaban J connectivity index is 2.40. The van der Waals surface area contributed by atoms with E-state index in [0.717, 1.165) is 11.3 Å². The fraction of sp³-hybridized carbons (Fsp3) is 0.385. The number of carbonyl (C=O) groups excluding carboxylic acids is 1. The topological polar surface area (TPSA) is 57.6 Å². The molecule has 0 spiro atoms. The second-order valence-electron chi connectivity index (χ2n) is 4.26. The summed E-state index contributed by atoms with van der Waals surface area (Å²) in [5, 5.41) is 9.24. The van der Waals surface area contributed by atoms with Crippen LogP contribution < -0.4 is 4.90 Å². The highest BCUT2D eigenvalue weighted by atomic mass is 32.1. The fourth-order valence-electron chi connectivity index (χ4n) is 2.30. The molecule has 96 valence electrons. The zero-order valence-electron chi connectivity index (χ0n) is 9.87. The van der Waals surface area contributed by atoms with Crippen LogP contribution in [0.4, 0.5) is 5.69 Å². The minimum Gasteiger partial charge on any atom is -0.480 e. The lowest BCUT2D eigenvalue weighted by molar-refractivity contribution is -0.140. The van der Waals surface area contributed by atoms with E-state index in [2.05, 4.69) is 12.6 Å². The Kier molecular flexibility index (Phi) is 3.91. The average molecular weight is 265 g/mol. The first-order chi connectivity index (χ1) is 8.65. The molecule has 1 aromatic rings. The number of thiol groups is 1. The Morgan fingerprint density at radius 2 is 2.11 bits per heavy atom. The number of fused-ring (bicyclic) bond motifs is 1. The Bertz CT molecular complexity index is 475. The molecule has 1 aliphatic heterocycles. The standard InChI is InChI=1S/C13H15NO3S/c15-12(7-8-18)14-10-4-2-1-3-9(10)5-6-11(14)13(16)17/h1-4,11,18H,5-8H2,(H,16,17)/t11-/m0/s1. The van der Waals surface area contributed by atoms with Crippen molar-refractivity contribution in [3.8, 4) is 0 Å². The predicted molar refractivity (Wildman–Crippen MR) is 72.1 cm³/mol. The fourth-order valence-corrected chi connectivity index (χ4v) is 2.50. The maximum Gasteiger partial charge on any atom is 0.326 e. The van der Waals surface area contributed by atoms with Crippen molar-refractivity contribution in [2.45, 2.75) is 25.3 Å². The minimum absolute atomic E-state index is 0.176. The number of carbonyl (C=O) groups is 2. The molecule has 0 saturated heterocycles. The van der Waals surface area contributed by atoms with E-state index in [9.17, 15) is 14.7 Å². The number of hydrogen-bond donors (Lipinski definition) is 2. The quantitative estimate of drug-likeness (QED) is 0.818. The number of nitrogens with zero attached hydrogens (tertiary/aromatic N) is 1. The molecule has 0 aliphatic carbocycles. The Hall–Kier alpha value is -1.49. The van der Waals surface area contributed by atoms with Crippen molar-refractivity contribution >= 4 is 30.2 Å². The van der Waals surface area contributed by atoms with Gasteiger partial charge in [0.05, 0.1) is 0 Å². The summed E-state index contributed by atoms with van der Waals surface area (Å²) in [6.45, 7) is 0. The summed E-state index contributed by atoms with van der Waals surface area (Å²) in [4.78, 5) is 24.8. The third-order valence-corrected chi connectivity index (χ3v) is 3.35. The molecule has 0 radical (unpaired) electrons. The summed E-state index contributed by atoms with van der Waals surface area (Å²) >= 11 is 4.04. The third-order valence-electron chi connectivity index (χ3n) is 3.13. The van der Waals surface area contributed by atoms with E-state index in [-0.39, 0.29) is 12.3 Å². The van der Waals surface area contributed by atoms with E-state index < -0.39 is 12.0 Å². The number of carboxylic acids is 1. The van der Waals surface area contributed by atoms with Crippen LogP contribution in [0.2, 0.25) is 0 Å². The van der Waals surface area contributed by atoms with Gasteiger partial charge in [-0.05, 0) is 30.2 Å². The summed E-state index contributed by atoms with van der Waals surface area (Å²) in [7, 11) is 0. The number of anilines is 1. The van der Waals surface area contributed by atoms with Crippen molar-refractivity contribution in [2.75, 3.05) is 10.7 Å². The van der Waals surface area contributed by atoms with Gasteiger partial charge in [0.2, 0.25) is 5.91 Å². The summed E-state index contributed by atoms with van der Waals surface area (Å²) < 4.78 is 0. The molecule has 2 rings (SSSR count). The highest BCUT2D eigenvalue weighted by molar-refractivity contribution is 7.80. The first-order valence-electron chi connectivity index (χ1n) is 5.88. The Morgan fingerprint density at radius 1 is 1.39 bits per heavy atom. The summed E-state index contributed by atoms with van der Waals surface area (Å²) in [5.41, 5.74) is 1.76. The molecule has 1 heterocycles. The Morgan fingerprint density at radius 3 is 2.78 bits per heavy atom. The second-order valence-corrected chi connectivity index (χ2v) is 4.71. The van der Waals surface area contributed by atoms with Crippen molar-refractivity contribution in [1.29, 1.82) is 0 Å². The summed E-state index contributed by atoms with van der Waals surface area (Å²) in [6.07, 6.45) is 1.41. The average Bonchev–Trinajstić information content (AvgIpc) is 2.37. The molecule has 1 N–H and O–H groups in total. The van der Waals surface area contributed by atoms with Gasteiger partial charge < -0.3 is 5.11 Å². The van der Waals surface area contributed by atoms with Crippen LogP contribution in [0.1, 0.15) is 18.4 Å². The molecule has 0 fully saturated rings. The van der Waals surface area contributed by atoms with Crippen LogP contribution in [0.5, 0.6) is 0 Å². The van der Waals surface area contributed by atoms with E-state index in [4.69, 9.17) is 0 Å². The summed E-state index contributed by atoms with van der Waals surface area (Å²) in [6, 6.07) is 6.72. The van der Waals surface area contributed by atoms with Gasteiger partial charge in [-0.2, -0.15) is 12.6 Å². The van der Waals surface area contributed by atoms with E-state index >= 15 is 0 Å². The van der Waals surface area contributed by atoms with Crippen molar-refractivity contribution in [2.24, 2.45) is 0 Å². The molecule has 1 aromatic carbocycles. The van der Waals surface area contributed by atoms with Crippen molar-refractivity contribution in [3.63, 3.8) is 0 Å². The Labute approximate surface area is 111 Å². The van der Waals surface area contributed by atoms with Crippen LogP contribution in [-0.4, -0.2) is 28.8 Å². The molecule has 0 unspecified atom stereocenters. The molecule has 0 aromatic heterocycles. The number of para-hydroxylation sites is 1. The van der Waals surface area contributed by atoms with Gasteiger partial charge in [-0.3, -0.25) is 9.69 Å². The van der Waals surface area contributed by atoms with Gasteiger partial charge in [0.1, 0.15) is 6.04 Å². The molecule has 1 amide bonds. The molecule has 1 aliphatic rings. The number of hydrogen-bond acceptors (Lipinski definition) is 3. The SMILES string of the molecule is O=C(O)[C@@H]1CCc2ccccc2N1C(=O)CCS. The second kappa shape index (κ2) is 5.44. The molecule has 5 heteroatoms. The highest BCUT2D eigenvalue weighted by Gasteiger charge is 2.34. The molecule has 0 saturated carbocycles. The van der Waals surface area contributed by atoms with Gasteiger partial charge in [0.25, 0.3) is 0 Å². The van der Waals surface area contributed by atoms with E-state index in [1.807, 2.05) is 18.2 Å². The summed E-state index contributed by atoms with van der Waals surface area (Å²) in [5.74, 6) is -0.703. The van der Waals surface area contributed by atoms with Gasteiger partial charge in [-0.1, -0.05) is 18.2 Å². The molecule has 4 nitrogen and oxygen atoms in total. The smallest absolute Gasteiger partial charge is 0.326 e. The molecule has 0 bridgehead atoms. The number of carboxylic acid groups (broad SMARTS) is 1. The lowest BCUT2D eigenvalue weighted by atomic mass is 9.95. The van der Waals surface area contributed by atoms with E-state index in [0.29, 0.717) is 18.6 Å². The van der Waals surface area contributed by atoms with Gasteiger partial charge in [0, 0.05) is 12.1 Å². The monoisotopic (exact) mass is 265 g/mol. The third kappa shape index (κ3) is 2.36. The van der Waals surface area contributed by atoms with Crippen molar-refractivity contribution in [1.82, 2.24) is 0 Å². The molecular formula is C13H15NO3S. The molecule has 1 atom stereocenters. The van der Waals surface area contributed by atoms with Crippen LogP contribution in [0.3, 0.4) is 0 Å². The number of rotatable bonds is 3. The van der Waals surface area contributed by atoms with E-state index in [1.165, 1.54) is 4.90 Å². The van der Waals surface area contributed by atoms with Crippen molar-refractivity contribution in [3.05, 3.63) is 29.8 Å². The zero-order valence-corrected chi connectivity index (χ0v) is 10.8. The van der Waals surface area contributed by atoms with Crippen LogP contribution in [0.15, 0.2) is 24.3 Å². The van der Waals surface area contributed by atoms with Gasteiger partial charge in [0.15, 0.2) is 0 Å². The number of aryl methyl sites for hydroxylation is 1. The highest BCUT2D eigenvalue weighted by Crippen LogP contribution is 2.31. The van der Waals surface area contributed by atoms with Crippen molar-refractivity contribution < 1.29 is 14.7 Å². The predicted octanol–water partition coefficient (Wildman–Crippen LogP) is 1.74. The first kappa shape index (κ1) is 13.0. The number of aliphatic carboxylic acids is 1. The van der Waals surface area contributed by atoms with Crippen LogP contribution in [-0.2, 0) is 16.0 Å². The van der Waals surface area contributed by atoms with Gasteiger partial charge >= 0.3 is 5.97 Å². The van der Waals surface area contributed by atoms with Crippen LogP contribution in [0, 0.1) is 0 Å². The lowest BCUT2D eigenvalue weighted by Gasteiger charge is -2.34. The molecule has 18 heavy (non-hydrogen) atoms. The van der Waals surface area contributed by atoms with Crippen LogP contribution in [0.25, 0.3) is 0 Å². The van der Waals surface area contributed by atoms with Gasteiger partial charge in [-0.15, -0.1) is 0 Å². The first-order valence-corrected chi connectivity index (χ1v) is 6.52. The van der Waals surface area contributed by atoms with Gasteiger partial charge in [-0.25, -0.2) is 4.79 Å². The molecular weight excluding hydrogens is 250 g/mol.